The van der Waals surface area contributed by atoms with E-state index in [0.29, 0.717) is 12.8 Å². The molecule has 0 amide bonds. The van der Waals surface area contributed by atoms with Gasteiger partial charge in [0.05, 0.1) is 24.4 Å². The van der Waals surface area contributed by atoms with Crippen LogP contribution in [0.5, 0.6) is 0 Å². The first-order valence-electron chi connectivity index (χ1n) is 6.25. The highest BCUT2D eigenvalue weighted by molar-refractivity contribution is 4.78. The van der Waals surface area contributed by atoms with Gasteiger partial charge in [0, 0.05) is 6.42 Å². The summed E-state index contributed by atoms with van der Waals surface area (Å²) in [7, 11) is 0. The maximum Gasteiger partial charge on any atom is 0.184 e. The number of aliphatic hydroxyl groups is 3. The molecule has 1 aliphatic heterocycles. The zero-order chi connectivity index (χ0) is 13.0. The first kappa shape index (κ1) is 14.9. The molecule has 1 fully saturated rings. The Morgan fingerprint density at radius 2 is 1.88 bits per heavy atom. The molecule has 0 aromatic carbocycles. The Hall–Kier alpha value is -0.200. The Morgan fingerprint density at radius 3 is 2.47 bits per heavy atom. The molecule has 17 heavy (non-hydrogen) atoms. The topological polar surface area (TPSA) is 79.2 Å². The third-order valence-corrected chi connectivity index (χ3v) is 3.05. The average Bonchev–Trinajstić information content (AvgIpc) is 2.23. The molecule has 0 radical (unpaired) electrons. The molecule has 1 aliphatic rings. The second-order valence-electron chi connectivity index (χ2n) is 4.95. The van der Waals surface area contributed by atoms with Gasteiger partial charge in [-0.1, -0.05) is 0 Å². The van der Waals surface area contributed by atoms with Crippen LogP contribution in [0.1, 0.15) is 40.0 Å². The van der Waals surface area contributed by atoms with Gasteiger partial charge < -0.3 is 24.8 Å². The van der Waals surface area contributed by atoms with Crippen LogP contribution < -0.4 is 0 Å². The molecular weight excluding hydrogens is 224 g/mol. The van der Waals surface area contributed by atoms with Gasteiger partial charge in [-0.25, -0.2) is 0 Å². The zero-order valence-electron chi connectivity index (χ0n) is 10.7. The van der Waals surface area contributed by atoms with Crippen LogP contribution >= 0.6 is 0 Å². The number of rotatable bonds is 5. The van der Waals surface area contributed by atoms with E-state index in [0.717, 1.165) is 0 Å². The first-order chi connectivity index (χ1) is 7.90. The van der Waals surface area contributed by atoms with Crippen LogP contribution in [0.4, 0.5) is 0 Å². The molecular formula is C12H24O5. The molecule has 0 unspecified atom stereocenters. The largest absolute Gasteiger partial charge is 0.393 e. The second-order valence-corrected chi connectivity index (χ2v) is 4.95. The molecule has 1 rings (SSSR count). The van der Waals surface area contributed by atoms with E-state index < -0.39 is 18.5 Å². The van der Waals surface area contributed by atoms with Crippen LogP contribution in [-0.2, 0) is 9.47 Å². The fourth-order valence-corrected chi connectivity index (χ4v) is 1.84. The van der Waals surface area contributed by atoms with Crippen molar-refractivity contribution in [1.82, 2.24) is 0 Å². The van der Waals surface area contributed by atoms with Gasteiger partial charge in [0.2, 0.25) is 0 Å². The molecule has 6 atom stereocenters. The predicted molar refractivity (Wildman–Crippen MR) is 62.4 cm³/mol. The summed E-state index contributed by atoms with van der Waals surface area (Å²) < 4.78 is 11.0. The number of hydrogen-bond donors (Lipinski definition) is 3. The third kappa shape index (κ3) is 4.89. The highest BCUT2D eigenvalue weighted by atomic mass is 16.7. The van der Waals surface area contributed by atoms with Gasteiger partial charge in [-0.2, -0.15) is 0 Å². The number of ether oxygens (including phenoxy) is 2. The van der Waals surface area contributed by atoms with Crippen LogP contribution in [-0.4, -0.2) is 52.1 Å². The van der Waals surface area contributed by atoms with Crippen molar-refractivity contribution in [3.8, 4) is 0 Å². The summed E-state index contributed by atoms with van der Waals surface area (Å²) in [5, 5.41) is 28.4. The zero-order valence-corrected chi connectivity index (χ0v) is 10.7. The van der Waals surface area contributed by atoms with Gasteiger partial charge in [-0.05, 0) is 33.6 Å². The number of hydrogen-bond acceptors (Lipinski definition) is 5. The molecule has 1 heterocycles. The number of aliphatic hydroxyl groups excluding tert-OH is 3. The lowest BCUT2D eigenvalue weighted by Crippen LogP contribution is -2.48. The van der Waals surface area contributed by atoms with Crippen molar-refractivity contribution in [3.05, 3.63) is 0 Å². The van der Waals surface area contributed by atoms with Crippen molar-refractivity contribution in [2.24, 2.45) is 0 Å². The van der Waals surface area contributed by atoms with Crippen molar-refractivity contribution in [2.75, 3.05) is 0 Å². The van der Waals surface area contributed by atoms with E-state index in [2.05, 4.69) is 0 Å². The summed E-state index contributed by atoms with van der Waals surface area (Å²) in [6, 6.07) is 0. The predicted octanol–water partition coefficient (Wildman–Crippen LogP) is 0.409. The fraction of sp³-hybridized carbons (Fsp3) is 1.00. The van der Waals surface area contributed by atoms with Crippen LogP contribution in [0.3, 0.4) is 0 Å². The molecule has 1 saturated heterocycles. The Morgan fingerprint density at radius 1 is 1.24 bits per heavy atom. The molecule has 3 N–H and O–H groups in total. The van der Waals surface area contributed by atoms with Gasteiger partial charge in [-0.3, -0.25) is 0 Å². The van der Waals surface area contributed by atoms with Crippen LogP contribution in [0.15, 0.2) is 0 Å². The Balaban J connectivity index is 2.34. The van der Waals surface area contributed by atoms with E-state index in [1.165, 1.54) is 0 Å². The minimum Gasteiger partial charge on any atom is -0.393 e. The highest BCUT2D eigenvalue weighted by Gasteiger charge is 2.35. The molecule has 0 aromatic rings. The molecule has 0 spiro atoms. The Labute approximate surface area is 102 Å². The molecule has 0 aromatic heterocycles. The smallest absolute Gasteiger partial charge is 0.184 e. The van der Waals surface area contributed by atoms with Crippen LogP contribution in [0.2, 0.25) is 0 Å². The normalized spacial score (nSPS) is 37.8. The van der Waals surface area contributed by atoms with Gasteiger partial charge in [-0.15, -0.1) is 0 Å². The Kier molecular flexibility index (Phi) is 5.82. The molecule has 5 heteroatoms. The van der Waals surface area contributed by atoms with Crippen molar-refractivity contribution in [1.29, 1.82) is 0 Å². The summed E-state index contributed by atoms with van der Waals surface area (Å²) in [5.41, 5.74) is 0. The maximum absolute atomic E-state index is 9.72. The summed E-state index contributed by atoms with van der Waals surface area (Å²) in [5.74, 6) is 0. The van der Waals surface area contributed by atoms with E-state index in [1.54, 1.807) is 13.8 Å². The molecule has 5 nitrogen and oxygen atoms in total. The third-order valence-electron chi connectivity index (χ3n) is 3.05. The van der Waals surface area contributed by atoms with Gasteiger partial charge in [0.15, 0.2) is 6.29 Å². The van der Waals surface area contributed by atoms with E-state index in [4.69, 9.17) is 14.6 Å². The van der Waals surface area contributed by atoms with Gasteiger partial charge in [0.25, 0.3) is 0 Å². The minimum absolute atomic E-state index is 0.0910. The van der Waals surface area contributed by atoms with E-state index in [9.17, 15) is 10.2 Å². The monoisotopic (exact) mass is 248 g/mol. The van der Waals surface area contributed by atoms with Crippen molar-refractivity contribution >= 4 is 0 Å². The summed E-state index contributed by atoms with van der Waals surface area (Å²) >= 11 is 0. The van der Waals surface area contributed by atoms with Crippen molar-refractivity contribution in [3.63, 3.8) is 0 Å². The van der Waals surface area contributed by atoms with Crippen molar-refractivity contribution < 1.29 is 24.8 Å². The molecule has 0 aliphatic carbocycles. The average molecular weight is 248 g/mol. The lowest BCUT2D eigenvalue weighted by Gasteiger charge is -2.36. The maximum atomic E-state index is 9.72. The quantitative estimate of drug-likeness (QED) is 0.656. The molecule has 0 bridgehead atoms. The standard InChI is InChI=1S/C12H24O5/c1-7(13)4-5-8(2)16-12-11(15)6-10(14)9(3)17-12/h7-15H,4-6H2,1-3H3/t7-,8-,9+,10-,11-,12-/m1/s1. The molecule has 102 valence electrons. The van der Waals surface area contributed by atoms with E-state index in [-0.39, 0.29) is 24.7 Å². The summed E-state index contributed by atoms with van der Waals surface area (Å²) in [6.07, 6.45) is -1.25. The lowest BCUT2D eigenvalue weighted by atomic mass is 10.0. The minimum atomic E-state index is -0.796. The summed E-state index contributed by atoms with van der Waals surface area (Å²) in [4.78, 5) is 0. The van der Waals surface area contributed by atoms with Crippen LogP contribution in [0, 0.1) is 0 Å². The highest BCUT2D eigenvalue weighted by Crippen LogP contribution is 2.22. The lowest BCUT2D eigenvalue weighted by molar-refractivity contribution is -0.273. The molecule has 0 saturated carbocycles. The second kappa shape index (κ2) is 6.66. The van der Waals surface area contributed by atoms with Gasteiger partial charge in [0.1, 0.15) is 6.10 Å². The van der Waals surface area contributed by atoms with Gasteiger partial charge >= 0.3 is 0 Å². The van der Waals surface area contributed by atoms with Crippen LogP contribution in [0.25, 0.3) is 0 Å². The van der Waals surface area contributed by atoms with E-state index in [1.807, 2.05) is 6.92 Å². The SMILES string of the molecule is C[C@H](CC[C@@H](C)O)O[C@@H]1O[C@@H](C)[C@H](O)C[C@H]1O. The van der Waals surface area contributed by atoms with E-state index >= 15 is 0 Å². The fourth-order valence-electron chi connectivity index (χ4n) is 1.84. The van der Waals surface area contributed by atoms with Crippen molar-refractivity contribution in [2.45, 2.75) is 76.8 Å². The summed E-state index contributed by atoms with van der Waals surface area (Å²) in [6.45, 7) is 5.37. The Bertz CT molecular complexity index is 221. The first-order valence-corrected chi connectivity index (χ1v) is 6.25.